The fraction of sp³-hybridized carbons (Fsp3) is 0.368. The number of aromatic nitrogens is 3. The second-order valence-electron chi connectivity index (χ2n) is 7.14. The van der Waals surface area contributed by atoms with Crippen molar-refractivity contribution >= 4 is 11.0 Å². The number of hydrogen-bond donors (Lipinski definition) is 4. The van der Waals surface area contributed by atoms with Gasteiger partial charge in [0.2, 0.25) is 5.49 Å². The van der Waals surface area contributed by atoms with Crippen molar-refractivity contribution in [2.75, 3.05) is 7.11 Å². The molecular formula is C19H18F4N4O5. The van der Waals surface area contributed by atoms with E-state index in [0.717, 1.165) is 6.07 Å². The molecule has 0 bridgehead atoms. The largest absolute Gasteiger partial charge is 0.419 e. The van der Waals surface area contributed by atoms with E-state index in [2.05, 4.69) is 15.1 Å². The highest BCUT2D eigenvalue weighted by Gasteiger charge is 2.47. The number of aliphatic hydroxyl groups excluding tert-OH is 3. The lowest BCUT2D eigenvalue weighted by atomic mass is 9.98. The number of rotatable bonds is 4. The average molecular weight is 458 g/mol. The van der Waals surface area contributed by atoms with E-state index in [-0.39, 0.29) is 11.1 Å². The second kappa shape index (κ2) is 8.16. The van der Waals surface area contributed by atoms with E-state index in [0.29, 0.717) is 23.2 Å². The first-order chi connectivity index (χ1) is 15.1. The SMILES string of the molecule is CON=c1nc[nH]c2c1ccn2[C@@H]1O[C@H]([C@H](O)c2ccc(C(F)(F)F)c(F)c2)[C@@H](O)[C@H]1O. The van der Waals surface area contributed by atoms with E-state index in [1.54, 1.807) is 6.07 Å². The van der Waals surface area contributed by atoms with Gasteiger partial charge in [-0.3, -0.25) is 0 Å². The van der Waals surface area contributed by atoms with Gasteiger partial charge in [0.05, 0.1) is 17.3 Å². The van der Waals surface area contributed by atoms with Crippen LogP contribution in [-0.4, -0.2) is 55.3 Å². The Kier molecular flexibility index (Phi) is 5.67. The van der Waals surface area contributed by atoms with Gasteiger partial charge < -0.3 is 34.4 Å². The number of nitrogens with zero attached hydrogens (tertiary/aromatic N) is 3. The molecule has 0 radical (unpaired) electrons. The number of nitrogens with one attached hydrogen (secondary N) is 1. The molecule has 5 atom stereocenters. The second-order valence-corrected chi connectivity index (χ2v) is 7.14. The van der Waals surface area contributed by atoms with Gasteiger partial charge in [-0.05, 0) is 23.8 Å². The molecule has 9 nitrogen and oxygen atoms in total. The minimum absolute atomic E-state index is 0.241. The zero-order valence-corrected chi connectivity index (χ0v) is 16.4. The molecule has 0 saturated carbocycles. The summed E-state index contributed by atoms with van der Waals surface area (Å²) in [5.41, 5.74) is -1.09. The van der Waals surface area contributed by atoms with E-state index in [1.165, 1.54) is 24.2 Å². The van der Waals surface area contributed by atoms with Gasteiger partial charge in [0.1, 0.15) is 43.0 Å². The predicted molar refractivity (Wildman–Crippen MR) is 98.9 cm³/mol. The standard InChI is InChI=1S/C19H18F4N4O5/c1-31-26-16-9-4-5-27(17(9)25-7-24-16)18-14(30)13(29)15(32-18)12(28)8-2-3-10(11(20)6-8)19(21,22)23/h2-7,12-15,18,28-30H,1H3,(H,24,25,26)/t12-,13+,14-,15-,18-/m1/s1. The number of fused-ring (bicyclic) bond motifs is 1. The molecule has 1 aromatic carbocycles. The minimum atomic E-state index is -4.90. The normalized spacial score (nSPS) is 25.4. The molecule has 0 amide bonds. The maximum atomic E-state index is 13.9. The van der Waals surface area contributed by atoms with Crippen molar-refractivity contribution in [1.29, 1.82) is 0 Å². The molecule has 3 aromatic rings. The molecular weight excluding hydrogens is 440 g/mol. The van der Waals surface area contributed by atoms with Gasteiger partial charge in [-0.1, -0.05) is 11.2 Å². The number of H-pyrrole nitrogens is 1. The Labute approximate surface area is 177 Å². The predicted octanol–water partition coefficient (Wildman–Crippen LogP) is 1.34. The topological polar surface area (TPSA) is 125 Å². The van der Waals surface area contributed by atoms with Crippen LogP contribution in [0.5, 0.6) is 0 Å². The third-order valence-corrected chi connectivity index (χ3v) is 5.22. The fourth-order valence-electron chi connectivity index (χ4n) is 3.69. The molecule has 2 aromatic heterocycles. The van der Waals surface area contributed by atoms with Gasteiger partial charge in [0.15, 0.2) is 6.23 Å². The van der Waals surface area contributed by atoms with Gasteiger partial charge in [-0.2, -0.15) is 13.2 Å². The number of halogens is 4. The number of benzene rings is 1. The first-order valence-electron chi connectivity index (χ1n) is 9.31. The van der Waals surface area contributed by atoms with Crippen molar-refractivity contribution in [3.05, 3.63) is 59.2 Å². The van der Waals surface area contributed by atoms with Crippen LogP contribution < -0.4 is 5.49 Å². The highest BCUT2D eigenvalue weighted by molar-refractivity contribution is 5.74. The van der Waals surface area contributed by atoms with E-state index in [4.69, 9.17) is 9.57 Å². The fourth-order valence-corrected chi connectivity index (χ4v) is 3.69. The molecule has 0 aliphatic carbocycles. The van der Waals surface area contributed by atoms with E-state index >= 15 is 0 Å². The Bertz CT molecular complexity index is 1190. The van der Waals surface area contributed by atoms with Crippen molar-refractivity contribution in [1.82, 2.24) is 14.5 Å². The van der Waals surface area contributed by atoms with Crippen LogP contribution in [-0.2, 0) is 15.8 Å². The molecule has 0 unspecified atom stereocenters. The maximum Gasteiger partial charge on any atom is 0.419 e. The lowest BCUT2D eigenvalue weighted by molar-refractivity contribution is -0.140. The highest BCUT2D eigenvalue weighted by atomic mass is 19.4. The van der Waals surface area contributed by atoms with Gasteiger partial charge in [0, 0.05) is 6.20 Å². The van der Waals surface area contributed by atoms with Crippen molar-refractivity contribution in [2.24, 2.45) is 5.16 Å². The number of hydrogen-bond acceptors (Lipinski definition) is 7. The first-order valence-corrected chi connectivity index (χ1v) is 9.31. The van der Waals surface area contributed by atoms with Crippen molar-refractivity contribution < 1.29 is 42.5 Å². The van der Waals surface area contributed by atoms with Crippen molar-refractivity contribution in [3.8, 4) is 0 Å². The Morgan fingerprint density at radius 1 is 1.25 bits per heavy atom. The van der Waals surface area contributed by atoms with Crippen LogP contribution in [0.15, 0.2) is 41.9 Å². The molecule has 1 aliphatic heterocycles. The molecule has 32 heavy (non-hydrogen) atoms. The molecule has 4 N–H and O–H groups in total. The van der Waals surface area contributed by atoms with Gasteiger partial charge >= 0.3 is 6.18 Å². The first kappa shape index (κ1) is 22.2. The summed E-state index contributed by atoms with van der Waals surface area (Å²) in [6.45, 7) is 0. The Morgan fingerprint density at radius 3 is 2.66 bits per heavy atom. The summed E-state index contributed by atoms with van der Waals surface area (Å²) in [6.07, 6.45) is -9.54. The summed E-state index contributed by atoms with van der Waals surface area (Å²) < 4.78 is 59.4. The molecule has 4 rings (SSSR count). The molecule has 0 spiro atoms. The van der Waals surface area contributed by atoms with E-state index < -0.39 is 48.2 Å². The summed E-state index contributed by atoms with van der Waals surface area (Å²) in [5, 5.41) is 35.8. The number of aromatic amines is 1. The molecule has 13 heteroatoms. The Hall–Kier alpha value is -3.00. The lowest BCUT2D eigenvalue weighted by Gasteiger charge is -2.22. The molecule has 3 heterocycles. The van der Waals surface area contributed by atoms with Crippen LogP contribution in [0, 0.1) is 5.82 Å². The van der Waals surface area contributed by atoms with Crippen LogP contribution in [0.1, 0.15) is 23.5 Å². The van der Waals surface area contributed by atoms with Crippen molar-refractivity contribution in [2.45, 2.75) is 36.8 Å². The van der Waals surface area contributed by atoms with Crippen LogP contribution >= 0.6 is 0 Å². The quantitative estimate of drug-likeness (QED) is 0.346. The van der Waals surface area contributed by atoms with Gasteiger partial charge in [0.25, 0.3) is 0 Å². The van der Waals surface area contributed by atoms with Crippen LogP contribution in [0.3, 0.4) is 0 Å². The summed E-state index contributed by atoms with van der Waals surface area (Å²) >= 11 is 0. The number of aliphatic hydroxyl groups is 3. The summed E-state index contributed by atoms with van der Waals surface area (Å²) in [6, 6.07) is 3.50. The third-order valence-electron chi connectivity index (χ3n) is 5.22. The van der Waals surface area contributed by atoms with Crippen LogP contribution in [0.2, 0.25) is 0 Å². The number of ether oxygens (including phenoxy) is 1. The minimum Gasteiger partial charge on any atom is -0.397 e. The van der Waals surface area contributed by atoms with Crippen LogP contribution in [0.25, 0.3) is 11.0 Å². The molecule has 1 aliphatic rings. The molecule has 172 valence electrons. The lowest BCUT2D eigenvalue weighted by Crippen LogP contribution is -2.35. The van der Waals surface area contributed by atoms with Crippen LogP contribution in [0.4, 0.5) is 17.6 Å². The van der Waals surface area contributed by atoms with Gasteiger partial charge in [-0.15, -0.1) is 0 Å². The third kappa shape index (κ3) is 3.72. The molecule has 1 saturated heterocycles. The summed E-state index contributed by atoms with van der Waals surface area (Å²) in [4.78, 5) is 11.6. The molecule has 1 fully saturated rings. The number of alkyl halides is 3. The van der Waals surface area contributed by atoms with E-state index in [9.17, 15) is 32.9 Å². The Morgan fingerprint density at radius 2 is 2.00 bits per heavy atom. The Balaban J connectivity index is 1.64. The van der Waals surface area contributed by atoms with Gasteiger partial charge in [-0.25, -0.2) is 9.37 Å². The zero-order chi connectivity index (χ0) is 23.2. The summed E-state index contributed by atoms with van der Waals surface area (Å²) in [7, 11) is 1.34. The zero-order valence-electron chi connectivity index (χ0n) is 16.4. The monoisotopic (exact) mass is 458 g/mol. The van der Waals surface area contributed by atoms with E-state index in [1.807, 2.05) is 0 Å². The highest BCUT2D eigenvalue weighted by Crippen LogP contribution is 2.38. The average Bonchev–Trinajstić information content (AvgIpc) is 3.29. The van der Waals surface area contributed by atoms with Crippen molar-refractivity contribution in [3.63, 3.8) is 0 Å². The maximum absolute atomic E-state index is 13.9. The smallest absolute Gasteiger partial charge is 0.397 e. The summed E-state index contributed by atoms with van der Waals surface area (Å²) in [5.74, 6) is -1.58.